The van der Waals surface area contributed by atoms with E-state index in [1.807, 2.05) is 0 Å². The predicted molar refractivity (Wildman–Crippen MR) is 88.3 cm³/mol. The van der Waals surface area contributed by atoms with Crippen molar-refractivity contribution in [3.8, 4) is 0 Å². The highest BCUT2D eigenvalue weighted by molar-refractivity contribution is 5.30. The summed E-state index contributed by atoms with van der Waals surface area (Å²) in [7, 11) is 0. The molecule has 7 unspecified atom stereocenters. The first kappa shape index (κ1) is 17.8. The normalized spacial score (nSPS) is 43.6. The molecule has 0 aliphatic heterocycles. The van der Waals surface area contributed by atoms with Crippen LogP contribution in [0, 0.1) is 11.8 Å². The smallest absolute Gasteiger partial charge is 0.138 e. The molecule has 134 valence electrons. The topological polar surface area (TPSA) is 0 Å². The number of alkyl halides is 4. The third-order valence-electron chi connectivity index (χ3n) is 6.12. The molecule has 24 heavy (non-hydrogen) atoms. The molecule has 0 radical (unpaired) electrons. The summed E-state index contributed by atoms with van der Waals surface area (Å²) in [6.45, 7) is 3.49. The van der Waals surface area contributed by atoms with E-state index >= 15 is 0 Å². The van der Waals surface area contributed by atoms with Crippen LogP contribution in [0.4, 0.5) is 17.6 Å². The van der Waals surface area contributed by atoms with Crippen molar-refractivity contribution in [2.75, 3.05) is 0 Å². The van der Waals surface area contributed by atoms with Crippen LogP contribution in [0.15, 0.2) is 24.3 Å². The molecule has 2 fully saturated rings. The summed E-state index contributed by atoms with van der Waals surface area (Å²) in [4.78, 5) is 0. The molecule has 4 heteroatoms. The van der Waals surface area contributed by atoms with Crippen molar-refractivity contribution >= 4 is 0 Å². The van der Waals surface area contributed by atoms with Crippen LogP contribution in [0.2, 0.25) is 0 Å². The maximum Gasteiger partial charge on any atom is 0.138 e. The van der Waals surface area contributed by atoms with Crippen molar-refractivity contribution in [2.24, 2.45) is 11.8 Å². The summed E-state index contributed by atoms with van der Waals surface area (Å²) >= 11 is 0. The van der Waals surface area contributed by atoms with E-state index in [-0.39, 0.29) is 11.8 Å². The van der Waals surface area contributed by atoms with Crippen molar-refractivity contribution in [1.82, 2.24) is 0 Å². The summed E-state index contributed by atoms with van der Waals surface area (Å²) in [5, 5.41) is 0. The Bertz CT molecular complexity index is 494. The highest BCUT2D eigenvalue weighted by atomic mass is 19.2. The minimum atomic E-state index is -1.49. The van der Waals surface area contributed by atoms with E-state index in [4.69, 9.17) is 0 Å². The van der Waals surface area contributed by atoms with Crippen molar-refractivity contribution in [3.05, 3.63) is 35.4 Å². The molecule has 0 amide bonds. The van der Waals surface area contributed by atoms with E-state index in [0.29, 0.717) is 25.7 Å². The van der Waals surface area contributed by atoms with E-state index in [1.165, 1.54) is 0 Å². The van der Waals surface area contributed by atoms with Gasteiger partial charge in [0, 0.05) is 11.8 Å². The van der Waals surface area contributed by atoms with Crippen molar-refractivity contribution < 1.29 is 17.6 Å². The van der Waals surface area contributed by atoms with Crippen molar-refractivity contribution in [2.45, 2.75) is 76.1 Å². The highest BCUT2D eigenvalue weighted by Gasteiger charge is 2.40. The number of halogens is 4. The van der Waals surface area contributed by atoms with Gasteiger partial charge in [-0.15, -0.1) is 0 Å². The molecule has 3 rings (SSSR count). The Morgan fingerprint density at radius 2 is 0.917 bits per heavy atom. The Kier molecular flexibility index (Phi) is 5.22. The first-order valence-electron chi connectivity index (χ1n) is 9.06. The fraction of sp³-hybridized carbons (Fsp3) is 0.700. The standard InChI is InChI=1S/C20H26F4/c1-11-3-9-15(19(23)17(11)21)13-5-7-14(8-6-13)16-10-4-12(2)18(22)20(16)24/h5-8,11-12,15-20H,3-4,9-10H2,1-2H3/t11?,12?,15-,16?,17?,18?,19?,20?/m1/s1. The fourth-order valence-corrected chi connectivity index (χ4v) is 4.28. The largest absolute Gasteiger partial charge is 0.244 e. The van der Waals surface area contributed by atoms with Crippen LogP contribution >= 0.6 is 0 Å². The van der Waals surface area contributed by atoms with Gasteiger partial charge in [0.2, 0.25) is 0 Å². The molecule has 0 bridgehead atoms. The summed E-state index contributed by atoms with van der Waals surface area (Å²) in [5.41, 5.74) is 1.52. The Labute approximate surface area is 141 Å². The van der Waals surface area contributed by atoms with E-state index in [1.54, 1.807) is 38.1 Å². The van der Waals surface area contributed by atoms with Gasteiger partial charge in [-0.3, -0.25) is 0 Å². The average Bonchev–Trinajstić information content (AvgIpc) is 2.58. The van der Waals surface area contributed by atoms with E-state index < -0.39 is 36.5 Å². The monoisotopic (exact) mass is 342 g/mol. The summed E-state index contributed by atoms with van der Waals surface area (Å²) in [6.07, 6.45) is -3.23. The summed E-state index contributed by atoms with van der Waals surface area (Å²) < 4.78 is 56.5. The van der Waals surface area contributed by atoms with Crippen LogP contribution in [0.25, 0.3) is 0 Å². The molecule has 1 aromatic carbocycles. The molecule has 8 atom stereocenters. The minimum absolute atomic E-state index is 0.242. The number of hydrogen-bond acceptors (Lipinski definition) is 0. The maximum atomic E-state index is 14.3. The molecule has 0 saturated heterocycles. The predicted octanol–water partition coefficient (Wildman–Crippen LogP) is 6.07. The Balaban J connectivity index is 1.74. The minimum Gasteiger partial charge on any atom is -0.244 e. The van der Waals surface area contributed by atoms with Crippen molar-refractivity contribution in [1.29, 1.82) is 0 Å². The van der Waals surface area contributed by atoms with Gasteiger partial charge in [-0.05, 0) is 48.6 Å². The van der Waals surface area contributed by atoms with Crippen molar-refractivity contribution in [3.63, 3.8) is 0 Å². The second-order valence-corrected chi connectivity index (χ2v) is 7.77. The second kappa shape index (κ2) is 7.05. The molecule has 0 aromatic heterocycles. The molecular formula is C20H26F4. The molecule has 0 nitrogen and oxygen atoms in total. The van der Waals surface area contributed by atoms with Gasteiger partial charge in [0.25, 0.3) is 0 Å². The zero-order valence-corrected chi connectivity index (χ0v) is 14.3. The molecule has 2 saturated carbocycles. The van der Waals surface area contributed by atoms with Crippen LogP contribution in [-0.4, -0.2) is 24.7 Å². The molecule has 0 heterocycles. The number of benzene rings is 1. The Hall–Kier alpha value is -1.06. The molecular weight excluding hydrogens is 316 g/mol. The second-order valence-electron chi connectivity index (χ2n) is 7.77. The van der Waals surface area contributed by atoms with Gasteiger partial charge in [0.1, 0.15) is 24.7 Å². The van der Waals surface area contributed by atoms with E-state index in [0.717, 1.165) is 11.1 Å². The molecule has 1 aromatic rings. The Morgan fingerprint density at radius 3 is 1.25 bits per heavy atom. The zero-order chi connectivity index (χ0) is 17.4. The van der Waals surface area contributed by atoms with Gasteiger partial charge in [0.15, 0.2) is 0 Å². The van der Waals surface area contributed by atoms with Crippen LogP contribution in [0.3, 0.4) is 0 Å². The first-order chi connectivity index (χ1) is 11.4. The fourth-order valence-electron chi connectivity index (χ4n) is 4.28. The van der Waals surface area contributed by atoms with Crippen LogP contribution in [0.1, 0.15) is 62.5 Å². The van der Waals surface area contributed by atoms with Gasteiger partial charge in [-0.25, -0.2) is 17.6 Å². The number of rotatable bonds is 2. The SMILES string of the molecule is CC1CCC(c2ccc([C@H]3CCC(C)C(F)C3F)cc2)C(F)C1F. The first-order valence-corrected chi connectivity index (χ1v) is 9.06. The third-order valence-corrected chi connectivity index (χ3v) is 6.12. The lowest BCUT2D eigenvalue weighted by molar-refractivity contribution is 0.0563. The van der Waals surface area contributed by atoms with Gasteiger partial charge in [0.05, 0.1) is 0 Å². The summed E-state index contributed by atoms with van der Waals surface area (Å²) in [5.74, 6) is -1.36. The quantitative estimate of drug-likeness (QED) is 0.573. The van der Waals surface area contributed by atoms with Gasteiger partial charge in [-0.2, -0.15) is 0 Å². The maximum absolute atomic E-state index is 14.3. The van der Waals surface area contributed by atoms with Gasteiger partial charge < -0.3 is 0 Å². The lowest BCUT2D eigenvalue weighted by atomic mass is 9.75. The highest BCUT2D eigenvalue weighted by Crippen LogP contribution is 2.42. The number of hydrogen-bond donors (Lipinski definition) is 0. The Morgan fingerprint density at radius 1 is 0.583 bits per heavy atom. The molecule has 2 aliphatic carbocycles. The van der Waals surface area contributed by atoms with Gasteiger partial charge in [-0.1, -0.05) is 38.1 Å². The van der Waals surface area contributed by atoms with Gasteiger partial charge >= 0.3 is 0 Å². The molecule has 0 N–H and O–H groups in total. The lowest BCUT2D eigenvalue weighted by Gasteiger charge is -2.35. The summed E-state index contributed by atoms with van der Waals surface area (Å²) in [6, 6.07) is 7.08. The third kappa shape index (κ3) is 3.21. The van der Waals surface area contributed by atoms with Crippen LogP contribution < -0.4 is 0 Å². The average molecular weight is 342 g/mol. The zero-order valence-electron chi connectivity index (χ0n) is 14.3. The van der Waals surface area contributed by atoms with Crippen LogP contribution in [0.5, 0.6) is 0 Å². The van der Waals surface area contributed by atoms with E-state index in [2.05, 4.69) is 0 Å². The van der Waals surface area contributed by atoms with E-state index in [9.17, 15) is 17.6 Å². The van der Waals surface area contributed by atoms with Crippen LogP contribution in [-0.2, 0) is 0 Å². The lowest BCUT2D eigenvalue weighted by Crippen LogP contribution is -2.36. The molecule has 0 spiro atoms. The molecule has 2 aliphatic rings.